The van der Waals surface area contributed by atoms with Gasteiger partial charge in [0, 0.05) is 6.54 Å². The fourth-order valence-electron chi connectivity index (χ4n) is 2.54. The molecule has 1 heterocycles. The van der Waals surface area contributed by atoms with E-state index in [2.05, 4.69) is 5.32 Å². The normalized spacial score (nSPS) is 14.5. The van der Waals surface area contributed by atoms with Gasteiger partial charge in [-0.15, -0.1) is 0 Å². The Bertz CT molecular complexity index is 683. The summed E-state index contributed by atoms with van der Waals surface area (Å²) in [6.07, 6.45) is 2.54. The van der Waals surface area contributed by atoms with Crippen molar-refractivity contribution in [2.45, 2.75) is 13.0 Å². The maximum absolute atomic E-state index is 14.3. The number of benzene rings is 2. The molecule has 4 heteroatoms. The molecule has 0 unspecified atom stereocenters. The largest absolute Gasteiger partial charge is 0.488 e. The number of ether oxygens (including phenoxy) is 1. The van der Waals surface area contributed by atoms with Crippen LogP contribution >= 0.6 is 0 Å². The van der Waals surface area contributed by atoms with E-state index < -0.39 is 11.6 Å². The molecule has 0 atom stereocenters. The van der Waals surface area contributed by atoms with Gasteiger partial charge >= 0.3 is 0 Å². The van der Waals surface area contributed by atoms with Gasteiger partial charge in [-0.3, -0.25) is 0 Å². The van der Waals surface area contributed by atoms with E-state index in [1.807, 2.05) is 36.4 Å². The topological polar surface area (TPSA) is 21.3 Å². The first-order valence-corrected chi connectivity index (χ1v) is 7.30. The van der Waals surface area contributed by atoms with E-state index in [0.717, 1.165) is 23.7 Å². The highest BCUT2D eigenvalue weighted by molar-refractivity contribution is 5.72. The van der Waals surface area contributed by atoms with E-state index in [1.54, 1.807) is 0 Å². The Hall–Kier alpha value is -2.20. The van der Waals surface area contributed by atoms with Gasteiger partial charge in [-0.2, -0.15) is 0 Å². The summed E-state index contributed by atoms with van der Waals surface area (Å²) in [5, 5.41) is 3.16. The molecular weight excluding hydrogens is 284 g/mol. The monoisotopic (exact) mass is 301 g/mol. The standard InChI is InChI=1S/C18H17F2NO/c19-15-6-7-16(22-12-13-4-2-1-3-5-13)17(18(15)20)14-8-10-21-11-9-14/h1-8,21H,9-12H2. The summed E-state index contributed by atoms with van der Waals surface area (Å²) in [5.41, 5.74) is 2.02. The Balaban J connectivity index is 1.90. The van der Waals surface area contributed by atoms with Crippen molar-refractivity contribution in [3.63, 3.8) is 0 Å². The van der Waals surface area contributed by atoms with Gasteiger partial charge in [0.05, 0.1) is 5.56 Å². The second kappa shape index (κ2) is 6.71. The molecule has 0 radical (unpaired) electrons. The molecule has 2 aromatic rings. The summed E-state index contributed by atoms with van der Waals surface area (Å²) in [5.74, 6) is -1.30. The molecule has 0 bridgehead atoms. The fraction of sp³-hybridized carbons (Fsp3) is 0.222. The van der Waals surface area contributed by atoms with E-state index in [1.165, 1.54) is 6.07 Å². The Labute approximate surface area is 128 Å². The highest BCUT2D eigenvalue weighted by Gasteiger charge is 2.19. The molecule has 0 aromatic heterocycles. The van der Waals surface area contributed by atoms with Crippen molar-refractivity contribution in [1.82, 2.24) is 5.32 Å². The SMILES string of the molecule is Fc1ccc(OCc2ccccc2)c(C2=CCNCC2)c1F. The zero-order valence-corrected chi connectivity index (χ0v) is 12.1. The molecule has 1 aliphatic rings. The lowest BCUT2D eigenvalue weighted by molar-refractivity contribution is 0.302. The van der Waals surface area contributed by atoms with Crippen LogP contribution < -0.4 is 10.1 Å². The molecule has 3 rings (SSSR count). The van der Waals surface area contributed by atoms with Crippen LogP contribution in [0.3, 0.4) is 0 Å². The van der Waals surface area contributed by atoms with E-state index in [9.17, 15) is 8.78 Å². The third kappa shape index (κ3) is 3.17. The minimum Gasteiger partial charge on any atom is -0.488 e. The van der Waals surface area contributed by atoms with Gasteiger partial charge in [-0.1, -0.05) is 36.4 Å². The maximum Gasteiger partial charge on any atom is 0.170 e. The van der Waals surface area contributed by atoms with Crippen molar-refractivity contribution in [3.05, 3.63) is 71.3 Å². The van der Waals surface area contributed by atoms with E-state index in [0.29, 0.717) is 25.3 Å². The highest BCUT2D eigenvalue weighted by Crippen LogP contribution is 2.33. The van der Waals surface area contributed by atoms with Crippen LogP contribution in [0.1, 0.15) is 17.5 Å². The van der Waals surface area contributed by atoms with Crippen LogP contribution in [0.5, 0.6) is 5.75 Å². The van der Waals surface area contributed by atoms with Crippen LogP contribution in [0.4, 0.5) is 8.78 Å². The molecule has 0 fully saturated rings. The zero-order valence-electron chi connectivity index (χ0n) is 12.1. The highest BCUT2D eigenvalue weighted by atomic mass is 19.2. The molecule has 0 spiro atoms. The second-order valence-electron chi connectivity index (χ2n) is 5.19. The van der Waals surface area contributed by atoms with Gasteiger partial charge < -0.3 is 10.1 Å². The quantitative estimate of drug-likeness (QED) is 0.924. The molecule has 22 heavy (non-hydrogen) atoms. The molecule has 0 saturated carbocycles. The summed E-state index contributed by atoms with van der Waals surface area (Å²) < 4.78 is 33.6. The first kappa shape index (κ1) is 14.7. The van der Waals surface area contributed by atoms with Gasteiger partial charge in [0.15, 0.2) is 11.6 Å². The molecule has 1 N–H and O–H groups in total. The molecule has 1 aliphatic heterocycles. The Morgan fingerprint density at radius 3 is 2.59 bits per heavy atom. The van der Waals surface area contributed by atoms with Crippen LogP contribution in [-0.2, 0) is 6.61 Å². The molecule has 0 saturated heterocycles. The molecule has 2 aromatic carbocycles. The average molecular weight is 301 g/mol. The van der Waals surface area contributed by atoms with Crippen molar-refractivity contribution < 1.29 is 13.5 Å². The van der Waals surface area contributed by atoms with Crippen molar-refractivity contribution in [2.75, 3.05) is 13.1 Å². The number of halogens is 2. The van der Waals surface area contributed by atoms with Gasteiger partial charge in [-0.25, -0.2) is 8.78 Å². The predicted octanol–water partition coefficient (Wildman–Crippen LogP) is 3.92. The minimum atomic E-state index is -0.846. The number of nitrogens with one attached hydrogen (secondary N) is 1. The van der Waals surface area contributed by atoms with Crippen LogP contribution in [0.25, 0.3) is 5.57 Å². The summed E-state index contributed by atoms with van der Waals surface area (Å²) >= 11 is 0. The number of hydrogen-bond donors (Lipinski definition) is 1. The Kier molecular flexibility index (Phi) is 4.49. The van der Waals surface area contributed by atoms with Gasteiger partial charge in [0.25, 0.3) is 0 Å². The first-order valence-electron chi connectivity index (χ1n) is 7.30. The van der Waals surface area contributed by atoms with E-state index in [-0.39, 0.29) is 5.56 Å². The van der Waals surface area contributed by atoms with Crippen LogP contribution in [0, 0.1) is 11.6 Å². The third-order valence-corrected chi connectivity index (χ3v) is 3.68. The van der Waals surface area contributed by atoms with Gasteiger partial charge in [0.2, 0.25) is 0 Å². The molecule has 0 aliphatic carbocycles. The summed E-state index contributed by atoms with van der Waals surface area (Å²) in [6, 6.07) is 12.2. The summed E-state index contributed by atoms with van der Waals surface area (Å²) in [7, 11) is 0. The first-order chi connectivity index (χ1) is 10.8. The van der Waals surface area contributed by atoms with Crippen LogP contribution in [0.15, 0.2) is 48.5 Å². The Morgan fingerprint density at radius 2 is 1.86 bits per heavy atom. The van der Waals surface area contributed by atoms with E-state index >= 15 is 0 Å². The van der Waals surface area contributed by atoms with Crippen molar-refractivity contribution >= 4 is 5.57 Å². The molecule has 0 amide bonds. The van der Waals surface area contributed by atoms with Crippen molar-refractivity contribution in [1.29, 1.82) is 0 Å². The molecule has 114 valence electrons. The average Bonchev–Trinajstić information content (AvgIpc) is 2.57. The lowest BCUT2D eigenvalue weighted by Crippen LogP contribution is -2.20. The minimum absolute atomic E-state index is 0.248. The maximum atomic E-state index is 14.3. The smallest absolute Gasteiger partial charge is 0.170 e. The van der Waals surface area contributed by atoms with Crippen LogP contribution in [-0.4, -0.2) is 13.1 Å². The molecule has 2 nitrogen and oxygen atoms in total. The summed E-state index contributed by atoms with van der Waals surface area (Å²) in [4.78, 5) is 0. The van der Waals surface area contributed by atoms with E-state index in [4.69, 9.17) is 4.74 Å². The van der Waals surface area contributed by atoms with Gasteiger partial charge in [0.1, 0.15) is 12.4 Å². The summed E-state index contributed by atoms with van der Waals surface area (Å²) in [6.45, 7) is 1.73. The number of hydrogen-bond acceptors (Lipinski definition) is 2. The second-order valence-corrected chi connectivity index (χ2v) is 5.19. The third-order valence-electron chi connectivity index (χ3n) is 3.68. The van der Waals surface area contributed by atoms with Gasteiger partial charge in [-0.05, 0) is 36.2 Å². The Morgan fingerprint density at radius 1 is 1.05 bits per heavy atom. The number of rotatable bonds is 4. The lowest BCUT2D eigenvalue weighted by Gasteiger charge is -2.18. The zero-order chi connectivity index (χ0) is 15.4. The van der Waals surface area contributed by atoms with Crippen molar-refractivity contribution in [2.24, 2.45) is 0 Å². The fourth-order valence-corrected chi connectivity index (χ4v) is 2.54. The van der Waals surface area contributed by atoms with Crippen LogP contribution in [0.2, 0.25) is 0 Å². The molecular formula is C18H17F2NO. The lowest BCUT2D eigenvalue weighted by atomic mass is 9.98. The van der Waals surface area contributed by atoms with Crippen molar-refractivity contribution in [3.8, 4) is 5.75 Å². The predicted molar refractivity (Wildman–Crippen MR) is 82.6 cm³/mol.